The summed E-state index contributed by atoms with van der Waals surface area (Å²) in [5.41, 5.74) is 5.23. The number of nitrogens with two attached hydrogens (primary N) is 1. The van der Waals surface area contributed by atoms with E-state index < -0.39 is 28.3 Å². The molecule has 0 radical (unpaired) electrons. The molecule has 2 N–H and O–H groups in total. The quantitative estimate of drug-likeness (QED) is 0.881. The number of benzene rings is 2. The Balaban J connectivity index is 2.25. The molecule has 0 saturated carbocycles. The monoisotopic (exact) mass is 285 g/mol. The second-order valence-electron chi connectivity index (χ2n) is 3.91. The van der Waals surface area contributed by atoms with Gasteiger partial charge in [0.2, 0.25) is 0 Å². The van der Waals surface area contributed by atoms with E-state index in [-0.39, 0.29) is 21.9 Å². The standard InChI is InChI=1S/C13H10F3NOS/c14-9-1-3-11(15)8(5-9)7-19(18)10-2-4-13(17)12(16)6-10/h1-6H,7,17H2. The Bertz CT molecular complexity index is 646. The number of rotatable bonds is 3. The third-order valence-corrected chi connectivity index (χ3v) is 3.88. The molecular formula is C13H10F3NOS. The maximum atomic E-state index is 13.4. The molecule has 100 valence electrons. The Morgan fingerprint density at radius 1 is 1.00 bits per heavy atom. The predicted molar refractivity (Wildman–Crippen MR) is 67.3 cm³/mol. The number of halogens is 3. The van der Waals surface area contributed by atoms with Crippen LogP contribution in [-0.4, -0.2) is 4.21 Å². The molecule has 0 bridgehead atoms. The van der Waals surface area contributed by atoms with Gasteiger partial charge in [0, 0.05) is 10.5 Å². The summed E-state index contributed by atoms with van der Waals surface area (Å²) in [6.07, 6.45) is 0. The molecular weight excluding hydrogens is 275 g/mol. The summed E-state index contributed by atoms with van der Waals surface area (Å²) in [6, 6.07) is 6.62. The van der Waals surface area contributed by atoms with E-state index in [1.165, 1.54) is 12.1 Å². The molecule has 0 aliphatic heterocycles. The molecule has 0 spiro atoms. The summed E-state index contributed by atoms with van der Waals surface area (Å²) in [5, 5.41) is 0. The van der Waals surface area contributed by atoms with Gasteiger partial charge in [-0.05, 0) is 36.4 Å². The Morgan fingerprint density at radius 3 is 2.42 bits per heavy atom. The summed E-state index contributed by atoms with van der Waals surface area (Å²) >= 11 is 0. The largest absolute Gasteiger partial charge is 0.396 e. The second kappa shape index (κ2) is 5.44. The summed E-state index contributed by atoms with van der Waals surface area (Å²) in [6.45, 7) is 0. The number of nitrogen functional groups attached to an aromatic ring is 1. The van der Waals surface area contributed by atoms with Crippen LogP contribution < -0.4 is 5.73 Å². The summed E-state index contributed by atoms with van der Waals surface area (Å²) < 4.78 is 51.6. The van der Waals surface area contributed by atoms with Gasteiger partial charge in [0.1, 0.15) is 17.5 Å². The molecule has 0 heterocycles. The number of anilines is 1. The fourth-order valence-electron chi connectivity index (χ4n) is 1.53. The first-order valence-corrected chi connectivity index (χ1v) is 6.66. The van der Waals surface area contributed by atoms with Crippen LogP contribution in [0.15, 0.2) is 41.3 Å². The highest BCUT2D eigenvalue weighted by Gasteiger charge is 2.11. The molecule has 2 rings (SSSR count). The van der Waals surface area contributed by atoms with Crippen LogP contribution in [0.1, 0.15) is 5.56 Å². The Labute approximate surface area is 110 Å². The Morgan fingerprint density at radius 2 is 1.74 bits per heavy atom. The molecule has 2 aromatic carbocycles. The molecule has 0 saturated heterocycles. The van der Waals surface area contributed by atoms with Crippen LogP contribution in [0.5, 0.6) is 0 Å². The number of hydrogen-bond donors (Lipinski definition) is 1. The van der Waals surface area contributed by atoms with Gasteiger partial charge >= 0.3 is 0 Å². The molecule has 2 aromatic rings. The van der Waals surface area contributed by atoms with Gasteiger partial charge in [0.25, 0.3) is 0 Å². The first kappa shape index (κ1) is 13.6. The third-order valence-electron chi connectivity index (χ3n) is 2.53. The lowest BCUT2D eigenvalue weighted by Crippen LogP contribution is -2.01. The molecule has 0 aliphatic carbocycles. The van der Waals surface area contributed by atoms with E-state index in [0.29, 0.717) is 0 Å². The van der Waals surface area contributed by atoms with Crippen molar-refractivity contribution in [3.63, 3.8) is 0 Å². The van der Waals surface area contributed by atoms with Crippen LogP contribution in [0.4, 0.5) is 18.9 Å². The zero-order valence-electron chi connectivity index (χ0n) is 9.70. The Kier molecular flexibility index (Phi) is 3.90. The van der Waals surface area contributed by atoms with Crippen LogP contribution in [0.3, 0.4) is 0 Å². The smallest absolute Gasteiger partial charge is 0.147 e. The highest BCUT2D eigenvalue weighted by Crippen LogP contribution is 2.19. The van der Waals surface area contributed by atoms with Crippen molar-refractivity contribution in [1.82, 2.24) is 0 Å². The maximum Gasteiger partial charge on any atom is 0.147 e. The van der Waals surface area contributed by atoms with Crippen molar-refractivity contribution in [2.24, 2.45) is 0 Å². The van der Waals surface area contributed by atoms with Crippen molar-refractivity contribution in [2.45, 2.75) is 10.6 Å². The average molecular weight is 285 g/mol. The molecule has 1 atom stereocenters. The van der Waals surface area contributed by atoms with Crippen molar-refractivity contribution in [3.05, 3.63) is 59.4 Å². The third kappa shape index (κ3) is 3.14. The minimum absolute atomic E-state index is 0.0180. The van der Waals surface area contributed by atoms with Crippen molar-refractivity contribution in [2.75, 3.05) is 5.73 Å². The van der Waals surface area contributed by atoms with Crippen molar-refractivity contribution >= 4 is 16.5 Å². The SMILES string of the molecule is Nc1ccc(S(=O)Cc2cc(F)ccc2F)cc1F. The van der Waals surface area contributed by atoms with Gasteiger partial charge in [-0.1, -0.05) is 0 Å². The Hall–Kier alpha value is -1.82. The molecule has 2 nitrogen and oxygen atoms in total. The van der Waals surface area contributed by atoms with Gasteiger partial charge in [-0.25, -0.2) is 13.2 Å². The van der Waals surface area contributed by atoms with Gasteiger partial charge in [-0.15, -0.1) is 0 Å². The van der Waals surface area contributed by atoms with Gasteiger partial charge in [-0.3, -0.25) is 4.21 Å². The molecule has 0 aliphatic rings. The first-order chi connectivity index (χ1) is 8.97. The normalized spacial score (nSPS) is 12.4. The van der Waals surface area contributed by atoms with Crippen molar-refractivity contribution < 1.29 is 17.4 Å². The minimum atomic E-state index is -1.67. The maximum absolute atomic E-state index is 13.4. The van der Waals surface area contributed by atoms with E-state index in [2.05, 4.69) is 0 Å². The second-order valence-corrected chi connectivity index (χ2v) is 5.36. The van der Waals surface area contributed by atoms with E-state index in [0.717, 1.165) is 24.3 Å². The predicted octanol–water partition coefficient (Wildman–Crippen LogP) is 2.99. The highest BCUT2D eigenvalue weighted by molar-refractivity contribution is 7.84. The van der Waals surface area contributed by atoms with E-state index in [1.807, 2.05) is 0 Å². The van der Waals surface area contributed by atoms with Crippen molar-refractivity contribution in [1.29, 1.82) is 0 Å². The van der Waals surface area contributed by atoms with Gasteiger partial charge < -0.3 is 5.73 Å². The first-order valence-electron chi connectivity index (χ1n) is 5.34. The lowest BCUT2D eigenvalue weighted by atomic mass is 10.2. The van der Waals surface area contributed by atoms with Crippen LogP contribution in [0.2, 0.25) is 0 Å². The zero-order chi connectivity index (χ0) is 14.0. The van der Waals surface area contributed by atoms with E-state index in [4.69, 9.17) is 5.73 Å². The molecule has 1 unspecified atom stereocenters. The zero-order valence-corrected chi connectivity index (χ0v) is 10.5. The molecule has 0 fully saturated rings. The summed E-state index contributed by atoms with van der Waals surface area (Å²) in [5.74, 6) is -2.18. The lowest BCUT2D eigenvalue weighted by Gasteiger charge is -2.05. The van der Waals surface area contributed by atoms with Gasteiger partial charge in [0.05, 0.1) is 22.2 Å². The summed E-state index contributed by atoms with van der Waals surface area (Å²) in [4.78, 5) is 0.176. The van der Waals surface area contributed by atoms with E-state index >= 15 is 0 Å². The minimum Gasteiger partial charge on any atom is -0.396 e. The van der Waals surface area contributed by atoms with E-state index in [1.54, 1.807) is 0 Å². The number of hydrogen-bond acceptors (Lipinski definition) is 2. The van der Waals surface area contributed by atoms with Crippen LogP contribution in [0, 0.1) is 17.5 Å². The van der Waals surface area contributed by atoms with Gasteiger partial charge in [0.15, 0.2) is 0 Å². The fourth-order valence-corrected chi connectivity index (χ4v) is 2.65. The van der Waals surface area contributed by atoms with Crippen molar-refractivity contribution in [3.8, 4) is 0 Å². The van der Waals surface area contributed by atoms with E-state index in [9.17, 15) is 17.4 Å². The topological polar surface area (TPSA) is 43.1 Å². The molecule has 19 heavy (non-hydrogen) atoms. The van der Waals surface area contributed by atoms with Crippen LogP contribution >= 0.6 is 0 Å². The fraction of sp³-hybridized carbons (Fsp3) is 0.0769. The van der Waals surface area contributed by atoms with Crippen LogP contribution in [0.25, 0.3) is 0 Å². The average Bonchev–Trinajstić information content (AvgIpc) is 2.37. The van der Waals surface area contributed by atoms with Crippen LogP contribution in [-0.2, 0) is 16.6 Å². The molecule has 0 amide bonds. The van der Waals surface area contributed by atoms with Gasteiger partial charge in [-0.2, -0.15) is 0 Å². The molecule has 0 aromatic heterocycles. The highest BCUT2D eigenvalue weighted by atomic mass is 32.2. The lowest BCUT2D eigenvalue weighted by molar-refractivity contribution is 0.590. The molecule has 6 heteroatoms. The summed E-state index contributed by atoms with van der Waals surface area (Å²) in [7, 11) is -1.67.